The van der Waals surface area contributed by atoms with Gasteiger partial charge in [-0.2, -0.15) is 0 Å². The Hall–Kier alpha value is -1.40. The average Bonchev–Trinajstić information content (AvgIpc) is 2.46. The Kier molecular flexibility index (Phi) is 4.72. The van der Waals surface area contributed by atoms with Gasteiger partial charge in [0.25, 0.3) is 0 Å². The number of hydrogen-bond acceptors (Lipinski definition) is 2. The van der Waals surface area contributed by atoms with Crippen LogP contribution in [0, 0.1) is 0 Å². The van der Waals surface area contributed by atoms with Crippen LogP contribution < -0.4 is 4.74 Å². The fraction of sp³-hybridized carbons (Fsp3) is 0.133. The molecule has 0 bridgehead atoms. The van der Waals surface area contributed by atoms with Crippen molar-refractivity contribution in [3.8, 4) is 5.75 Å². The Balaban J connectivity index is 1.97. The molecule has 0 spiro atoms. The summed E-state index contributed by atoms with van der Waals surface area (Å²) in [4.78, 5) is 0. The molecule has 2 nitrogen and oxygen atoms in total. The molecule has 2 rings (SSSR count). The van der Waals surface area contributed by atoms with Gasteiger partial charge in [0, 0.05) is 0 Å². The van der Waals surface area contributed by atoms with Gasteiger partial charge in [-0.05, 0) is 0 Å². The van der Waals surface area contributed by atoms with Crippen molar-refractivity contribution in [2.24, 2.45) is 0 Å². The molecular weight excluding hydrogens is 264 g/mol. The second kappa shape index (κ2) is 6.51. The van der Waals surface area contributed by atoms with Crippen molar-refractivity contribution in [3.63, 3.8) is 0 Å². The van der Waals surface area contributed by atoms with Crippen LogP contribution in [0.25, 0.3) is 0 Å². The van der Waals surface area contributed by atoms with Gasteiger partial charge in [0.15, 0.2) is 0 Å². The summed E-state index contributed by atoms with van der Waals surface area (Å²) in [5.41, 5.74) is 2.14. The van der Waals surface area contributed by atoms with Crippen LogP contribution in [0.3, 0.4) is 0 Å². The van der Waals surface area contributed by atoms with Crippen LogP contribution in [-0.4, -0.2) is 11.7 Å². The first-order chi connectivity index (χ1) is 8.79. The fourth-order valence-corrected chi connectivity index (χ4v) is 1.87. The van der Waals surface area contributed by atoms with E-state index in [1.54, 1.807) is 7.11 Å². The van der Waals surface area contributed by atoms with E-state index < -0.39 is 0 Å². The molecule has 0 aliphatic heterocycles. The van der Waals surface area contributed by atoms with Crippen LogP contribution in [0.5, 0.6) is 5.75 Å². The summed E-state index contributed by atoms with van der Waals surface area (Å²) in [5.74, 6) is 0.845. The number of rotatable bonds is 5. The predicted molar refractivity (Wildman–Crippen MR) is 68.3 cm³/mol. The molecule has 3 heteroatoms. The molecule has 0 aliphatic rings. The van der Waals surface area contributed by atoms with Gasteiger partial charge in [0.2, 0.25) is 0 Å². The molecule has 2 aromatic rings. The molecule has 0 saturated carbocycles. The number of ether oxygens (including phenoxy) is 2. The molecular formula is C15H14CrO2. The van der Waals surface area contributed by atoms with E-state index in [1.165, 1.54) is 0 Å². The molecule has 0 saturated heterocycles. The molecule has 0 aliphatic carbocycles. The molecule has 0 heterocycles. The normalized spacial score (nSPS) is 10.1. The molecule has 0 fully saturated rings. The van der Waals surface area contributed by atoms with Crippen LogP contribution in [0.1, 0.15) is 11.1 Å². The molecule has 0 radical (unpaired) electrons. The molecule has 0 aromatic heterocycles. The van der Waals surface area contributed by atoms with Crippen LogP contribution in [0.2, 0.25) is 0 Å². The molecule has 18 heavy (non-hydrogen) atoms. The van der Waals surface area contributed by atoms with Gasteiger partial charge in [-0.25, -0.2) is 0 Å². The van der Waals surface area contributed by atoms with E-state index in [0.717, 1.165) is 21.4 Å². The summed E-state index contributed by atoms with van der Waals surface area (Å²) in [6, 6.07) is 17.8. The van der Waals surface area contributed by atoms with Crippen LogP contribution in [0.4, 0.5) is 0 Å². The SMILES string of the molecule is COc1cccc(CO[C](=[Cr])c2ccccc2)c1. The first-order valence-electron chi connectivity index (χ1n) is 5.64. The maximum absolute atomic E-state index is 5.72. The quantitative estimate of drug-likeness (QED) is 0.837. The van der Waals surface area contributed by atoms with E-state index in [0.29, 0.717) is 6.61 Å². The summed E-state index contributed by atoms with van der Waals surface area (Å²) >= 11 is 2.96. The third-order valence-electron chi connectivity index (χ3n) is 2.51. The monoisotopic (exact) mass is 278 g/mol. The fourth-order valence-electron chi connectivity index (χ4n) is 1.57. The predicted octanol–water partition coefficient (Wildman–Crippen LogP) is 2.94. The Bertz CT molecular complexity index is 523. The molecule has 2 aromatic carbocycles. The standard InChI is InChI=1S/C15H14O2.Cr/c1-16-15-9-5-8-14(10-15)12-17-11-13-6-3-2-4-7-13;/h2-10H,12H2,1H3;. The van der Waals surface area contributed by atoms with Gasteiger partial charge in [-0.3, -0.25) is 0 Å². The summed E-state index contributed by atoms with van der Waals surface area (Å²) < 4.78 is 11.7. The number of benzene rings is 2. The van der Waals surface area contributed by atoms with Gasteiger partial charge in [-0.1, -0.05) is 0 Å². The van der Waals surface area contributed by atoms with E-state index in [2.05, 4.69) is 15.9 Å². The molecule has 0 N–H and O–H groups in total. The Morgan fingerprint density at radius 2 is 1.83 bits per heavy atom. The van der Waals surface area contributed by atoms with Crippen molar-refractivity contribution in [2.45, 2.75) is 6.61 Å². The minimum absolute atomic E-state index is 0.522. The van der Waals surface area contributed by atoms with E-state index in [-0.39, 0.29) is 0 Å². The van der Waals surface area contributed by atoms with Gasteiger partial charge in [0.1, 0.15) is 0 Å². The van der Waals surface area contributed by atoms with Gasteiger partial charge >= 0.3 is 115 Å². The van der Waals surface area contributed by atoms with E-state index in [9.17, 15) is 0 Å². The van der Waals surface area contributed by atoms with Crippen molar-refractivity contribution in [1.82, 2.24) is 0 Å². The molecule has 92 valence electrons. The van der Waals surface area contributed by atoms with Crippen molar-refractivity contribution in [3.05, 3.63) is 65.7 Å². The van der Waals surface area contributed by atoms with E-state index >= 15 is 0 Å². The second-order valence-electron chi connectivity index (χ2n) is 3.79. The zero-order chi connectivity index (χ0) is 12.8. The summed E-state index contributed by atoms with van der Waals surface area (Å²) in [6.07, 6.45) is 0. The zero-order valence-corrected chi connectivity index (χ0v) is 11.4. The number of hydrogen-bond donors (Lipinski definition) is 0. The maximum atomic E-state index is 5.72. The average molecular weight is 278 g/mol. The summed E-state index contributed by atoms with van der Waals surface area (Å²) in [7, 11) is 1.66. The van der Waals surface area contributed by atoms with Crippen LogP contribution >= 0.6 is 0 Å². The van der Waals surface area contributed by atoms with Gasteiger partial charge in [0.05, 0.1) is 0 Å². The van der Waals surface area contributed by atoms with Crippen LogP contribution in [-0.2, 0) is 27.2 Å². The van der Waals surface area contributed by atoms with Crippen molar-refractivity contribution >= 4 is 4.57 Å². The summed E-state index contributed by atoms with van der Waals surface area (Å²) in [5, 5.41) is 0. The first-order valence-corrected chi connectivity index (χ1v) is 6.28. The molecule has 0 amide bonds. The summed E-state index contributed by atoms with van der Waals surface area (Å²) in [6.45, 7) is 0.522. The number of methoxy groups -OCH3 is 1. The van der Waals surface area contributed by atoms with E-state index in [4.69, 9.17) is 9.47 Å². The molecule has 0 unspecified atom stereocenters. The van der Waals surface area contributed by atoms with Crippen molar-refractivity contribution in [1.29, 1.82) is 0 Å². The Morgan fingerprint density at radius 3 is 2.56 bits per heavy atom. The van der Waals surface area contributed by atoms with Crippen LogP contribution in [0.15, 0.2) is 54.6 Å². The van der Waals surface area contributed by atoms with Gasteiger partial charge < -0.3 is 0 Å². The first kappa shape index (κ1) is 13.0. The Morgan fingerprint density at radius 1 is 1.06 bits per heavy atom. The van der Waals surface area contributed by atoms with Crippen molar-refractivity contribution in [2.75, 3.05) is 7.11 Å². The van der Waals surface area contributed by atoms with E-state index in [1.807, 2.05) is 54.6 Å². The molecule has 0 atom stereocenters. The third kappa shape index (κ3) is 3.55. The van der Waals surface area contributed by atoms with Crippen molar-refractivity contribution < 1.29 is 25.3 Å². The topological polar surface area (TPSA) is 18.5 Å². The third-order valence-corrected chi connectivity index (χ3v) is 3.07. The second-order valence-corrected chi connectivity index (χ2v) is 4.37. The Labute approximate surface area is 115 Å². The minimum atomic E-state index is 0.522. The zero-order valence-electron chi connectivity index (χ0n) is 10.1. The van der Waals surface area contributed by atoms with Gasteiger partial charge in [-0.15, -0.1) is 0 Å².